The summed E-state index contributed by atoms with van der Waals surface area (Å²) in [6.07, 6.45) is 3.09. The molecule has 0 aliphatic heterocycles. The average molecular weight is 202 g/mol. The normalized spacial score (nSPS) is 12.0. The Bertz CT molecular complexity index is 300. The van der Waals surface area contributed by atoms with E-state index in [0.717, 1.165) is 25.8 Å². The van der Waals surface area contributed by atoms with Gasteiger partial charge in [-0.1, -0.05) is 43.7 Å². The first-order valence-electron chi connectivity index (χ1n) is 5.53. The third kappa shape index (κ3) is 4.62. The van der Waals surface area contributed by atoms with Crippen molar-refractivity contribution in [1.82, 2.24) is 5.32 Å². The summed E-state index contributed by atoms with van der Waals surface area (Å²) >= 11 is 0. The lowest BCUT2D eigenvalue weighted by Gasteiger charge is -2.10. The van der Waals surface area contributed by atoms with Crippen LogP contribution in [0.15, 0.2) is 30.3 Å². The van der Waals surface area contributed by atoms with E-state index in [1.54, 1.807) is 0 Å². The van der Waals surface area contributed by atoms with Crippen molar-refractivity contribution in [2.24, 2.45) is 0 Å². The molecule has 2 heteroatoms. The molecule has 0 radical (unpaired) electrons. The molecule has 2 nitrogen and oxygen atoms in total. The molecule has 80 valence electrons. The molecule has 0 aliphatic carbocycles. The van der Waals surface area contributed by atoms with E-state index in [1.165, 1.54) is 5.56 Å². The largest absolute Gasteiger partial charge is 0.302 e. The predicted octanol–water partition coefficient (Wildman–Crippen LogP) is 2.51. The first-order valence-corrected chi connectivity index (χ1v) is 5.53. The number of hydrogen-bond donors (Lipinski definition) is 1. The Labute approximate surface area is 91.9 Å². The molecule has 1 N–H and O–H groups in total. The molecule has 0 aliphatic rings. The zero-order valence-corrected chi connectivity index (χ0v) is 9.24. The lowest BCUT2D eigenvalue weighted by Crippen LogP contribution is -2.30. The number of unbranched alkanes of at least 4 members (excludes halogenated alkanes) is 1. The molecule has 0 spiro atoms. The first-order chi connectivity index (χ1) is 7.36. The van der Waals surface area contributed by atoms with Gasteiger partial charge in [-0.05, 0) is 18.5 Å². The van der Waals surface area contributed by atoms with Gasteiger partial charge in [0.25, 0.3) is 0 Å². The summed E-state index contributed by atoms with van der Waals surface area (Å²) in [5.41, 5.74) is 1.22. The van der Waals surface area contributed by atoms with E-state index < -0.39 is 0 Å². The van der Waals surface area contributed by atoms with Crippen molar-refractivity contribution in [1.29, 1.82) is 5.26 Å². The fourth-order valence-electron chi connectivity index (χ4n) is 1.47. The number of benzene rings is 1. The summed E-state index contributed by atoms with van der Waals surface area (Å²) in [4.78, 5) is 0. The van der Waals surface area contributed by atoms with Gasteiger partial charge in [0.15, 0.2) is 0 Å². The molecule has 0 saturated heterocycles. The van der Waals surface area contributed by atoms with Crippen molar-refractivity contribution in [2.75, 3.05) is 6.54 Å². The molecule has 1 rings (SSSR count). The van der Waals surface area contributed by atoms with Crippen molar-refractivity contribution in [2.45, 2.75) is 32.2 Å². The van der Waals surface area contributed by atoms with Crippen molar-refractivity contribution >= 4 is 0 Å². The molecule has 15 heavy (non-hydrogen) atoms. The second-order valence-corrected chi connectivity index (χ2v) is 3.68. The van der Waals surface area contributed by atoms with Crippen molar-refractivity contribution in [3.8, 4) is 6.07 Å². The average Bonchev–Trinajstić information content (AvgIpc) is 2.29. The van der Waals surface area contributed by atoms with E-state index in [9.17, 15) is 0 Å². The molecular weight excluding hydrogens is 184 g/mol. The van der Waals surface area contributed by atoms with Crippen molar-refractivity contribution < 1.29 is 0 Å². The van der Waals surface area contributed by atoms with E-state index >= 15 is 0 Å². The van der Waals surface area contributed by atoms with Gasteiger partial charge in [0, 0.05) is 6.42 Å². The third-order valence-corrected chi connectivity index (χ3v) is 2.36. The Balaban J connectivity index is 2.38. The van der Waals surface area contributed by atoms with E-state index in [1.807, 2.05) is 18.2 Å². The van der Waals surface area contributed by atoms with Crippen LogP contribution < -0.4 is 5.32 Å². The second kappa shape index (κ2) is 7.03. The molecule has 0 saturated carbocycles. The van der Waals surface area contributed by atoms with Crippen LogP contribution in [0.4, 0.5) is 0 Å². The van der Waals surface area contributed by atoms with Gasteiger partial charge in [-0.25, -0.2) is 0 Å². The minimum atomic E-state index is -0.0565. The Kier molecular flexibility index (Phi) is 5.50. The summed E-state index contributed by atoms with van der Waals surface area (Å²) in [5.74, 6) is 0. The SMILES string of the molecule is CCCCNC(C#N)Cc1ccccc1. The second-order valence-electron chi connectivity index (χ2n) is 3.68. The number of nitrogens with zero attached hydrogens (tertiary/aromatic N) is 1. The minimum absolute atomic E-state index is 0.0565. The van der Waals surface area contributed by atoms with Crippen LogP contribution in [0.5, 0.6) is 0 Å². The molecule has 0 amide bonds. The van der Waals surface area contributed by atoms with Crippen LogP contribution in [0.3, 0.4) is 0 Å². The Morgan fingerprint density at radius 1 is 1.33 bits per heavy atom. The highest BCUT2D eigenvalue weighted by atomic mass is 14.9. The topological polar surface area (TPSA) is 35.8 Å². The molecule has 1 aromatic carbocycles. The molecular formula is C13H18N2. The highest BCUT2D eigenvalue weighted by Gasteiger charge is 2.06. The zero-order valence-electron chi connectivity index (χ0n) is 9.24. The van der Waals surface area contributed by atoms with Gasteiger partial charge in [-0.3, -0.25) is 0 Å². The van der Waals surface area contributed by atoms with E-state index in [2.05, 4.69) is 30.4 Å². The monoisotopic (exact) mass is 202 g/mol. The molecule has 1 aromatic rings. The van der Waals surface area contributed by atoms with Gasteiger partial charge in [-0.15, -0.1) is 0 Å². The summed E-state index contributed by atoms with van der Waals surface area (Å²) < 4.78 is 0. The summed E-state index contributed by atoms with van der Waals surface area (Å²) in [7, 11) is 0. The lowest BCUT2D eigenvalue weighted by atomic mass is 10.1. The van der Waals surface area contributed by atoms with E-state index in [-0.39, 0.29) is 6.04 Å². The van der Waals surface area contributed by atoms with Crippen LogP contribution >= 0.6 is 0 Å². The smallest absolute Gasteiger partial charge is 0.0993 e. The predicted molar refractivity (Wildman–Crippen MR) is 62.5 cm³/mol. The first kappa shape index (κ1) is 11.7. The molecule has 0 fully saturated rings. The maximum Gasteiger partial charge on any atom is 0.0993 e. The Morgan fingerprint density at radius 2 is 2.07 bits per heavy atom. The minimum Gasteiger partial charge on any atom is -0.302 e. The molecule has 0 bridgehead atoms. The van der Waals surface area contributed by atoms with Crippen molar-refractivity contribution in [3.63, 3.8) is 0 Å². The fourth-order valence-corrected chi connectivity index (χ4v) is 1.47. The summed E-state index contributed by atoms with van der Waals surface area (Å²) in [5, 5.41) is 12.2. The molecule has 1 unspecified atom stereocenters. The van der Waals surface area contributed by atoms with E-state index in [4.69, 9.17) is 5.26 Å². The lowest BCUT2D eigenvalue weighted by molar-refractivity contribution is 0.575. The van der Waals surface area contributed by atoms with Crippen LogP contribution in [-0.4, -0.2) is 12.6 Å². The number of nitriles is 1. The Morgan fingerprint density at radius 3 is 2.67 bits per heavy atom. The van der Waals surface area contributed by atoms with Gasteiger partial charge in [0.1, 0.15) is 0 Å². The van der Waals surface area contributed by atoms with Crippen LogP contribution in [0.25, 0.3) is 0 Å². The third-order valence-electron chi connectivity index (χ3n) is 2.36. The maximum absolute atomic E-state index is 8.97. The highest BCUT2D eigenvalue weighted by molar-refractivity contribution is 5.17. The van der Waals surface area contributed by atoms with Crippen LogP contribution in [-0.2, 0) is 6.42 Å². The maximum atomic E-state index is 8.97. The fraction of sp³-hybridized carbons (Fsp3) is 0.462. The van der Waals surface area contributed by atoms with Crippen molar-refractivity contribution in [3.05, 3.63) is 35.9 Å². The van der Waals surface area contributed by atoms with Gasteiger partial charge < -0.3 is 5.32 Å². The zero-order chi connectivity index (χ0) is 10.9. The molecule has 0 heterocycles. The van der Waals surface area contributed by atoms with Gasteiger partial charge >= 0.3 is 0 Å². The number of rotatable bonds is 6. The summed E-state index contributed by atoms with van der Waals surface area (Å²) in [6, 6.07) is 12.4. The van der Waals surface area contributed by atoms with Crippen LogP contribution in [0, 0.1) is 11.3 Å². The van der Waals surface area contributed by atoms with Gasteiger partial charge in [-0.2, -0.15) is 5.26 Å². The van der Waals surface area contributed by atoms with Crippen LogP contribution in [0.1, 0.15) is 25.3 Å². The Hall–Kier alpha value is -1.33. The molecule has 1 atom stereocenters. The van der Waals surface area contributed by atoms with Gasteiger partial charge in [0.05, 0.1) is 12.1 Å². The standard InChI is InChI=1S/C13H18N2/c1-2-3-9-15-13(11-14)10-12-7-5-4-6-8-12/h4-8,13,15H,2-3,9-10H2,1H3. The number of hydrogen-bond acceptors (Lipinski definition) is 2. The molecule has 0 aromatic heterocycles. The quantitative estimate of drug-likeness (QED) is 0.719. The summed E-state index contributed by atoms with van der Waals surface area (Å²) in [6.45, 7) is 3.09. The van der Waals surface area contributed by atoms with Gasteiger partial charge in [0.2, 0.25) is 0 Å². The van der Waals surface area contributed by atoms with E-state index in [0.29, 0.717) is 0 Å². The van der Waals surface area contributed by atoms with Crippen LogP contribution in [0.2, 0.25) is 0 Å². The number of nitrogens with one attached hydrogen (secondary N) is 1. The highest BCUT2D eigenvalue weighted by Crippen LogP contribution is 2.02.